The number of carbonyl (C=O) groups is 1. The summed E-state index contributed by atoms with van der Waals surface area (Å²) in [5.41, 5.74) is 6.85. The maximum Gasteiger partial charge on any atom is 0.219 e. The number of amides is 1. The minimum Gasteiger partial charge on any atom is -0.370 e. The van der Waals surface area contributed by atoms with Crippen molar-refractivity contribution in [1.29, 1.82) is 0 Å². The van der Waals surface area contributed by atoms with Gasteiger partial charge in [-0.3, -0.25) is 4.79 Å². The average molecular weight is 286 g/mol. The van der Waals surface area contributed by atoms with Crippen molar-refractivity contribution in [2.45, 2.75) is 25.3 Å². The monoisotopic (exact) mass is 285 g/mol. The van der Waals surface area contributed by atoms with Crippen LogP contribution >= 0.6 is 23.2 Å². The summed E-state index contributed by atoms with van der Waals surface area (Å²) in [7, 11) is 0. The number of alkyl halides is 1. The van der Waals surface area contributed by atoms with E-state index < -0.39 is 0 Å². The van der Waals surface area contributed by atoms with Gasteiger partial charge in [-0.05, 0) is 25.1 Å². The van der Waals surface area contributed by atoms with Crippen LogP contribution in [0.5, 0.6) is 0 Å². The highest BCUT2D eigenvalue weighted by molar-refractivity contribution is 6.31. The van der Waals surface area contributed by atoms with Gasteiger partial charge in [0.15, 0.2) is 0 Å². The zero-order valence-corrected chi connectivity index (χ0v) is 11.4. The molecule has 0 spiro atoms. The van der Waals surface area contributed by atoms with Crippen LogP contribution in [0.15, 0.2) is 18.2 Å². The lowest BCUT2D eigenvalue weighted by Crippen LogP contribution is -2.15. The van der Waals surface area contributed by atoms with Crippen LogP contribution < -0.4 is 5.73 Å². The first-order valence-corrected chi connectivity index (χ1v) is 6.38. The molecule has 2 aromatic rings. The van der Waals surface area contributed by atoms with Gasteiger partial charge >= 0.3 is 0 Å². The molecule has 2 N–H and O–H groups in total. The van der Waals surface area contributed by atoms with E-state index in [0.29, 0.717) is 11.6 Å². The molecule has 0 saturated heterocycles. The van der Waals surface area contributed by atoms with Crippen LogP contribution in [0.25, 0.3) is 11.0 Å². The van der Waals surface area contributed by atoms with Gasteiger partial charge in [-0.1, -0.05) is 11.6 Å². The van der Waals surface area contributed by atoms with Gasteiger partial charge in [0.2, 0.25) is 5.91 Å². The van der Waals surface area contributed by atoms with E-state index in [1.807, 2.05) is 17.6 Å². The van der Waals surface area contributed by atoms with Crippen LogP contribution in [0.1, 0.15) is 24.5 Å². The smallest absolute Gasteiger partial charge is 0.219 e. The number of fused-ring (bicyclic) bond motifs is 1. The van der Waals surface area contributed by atoms with E-state index in [9.17, 15) is 4.79 Å². The third-order valence-electron chi connectivity index (χ3n) is 2.68. The van der Waals surface area contributed by atoms with Crippen LogP contribution in [0.3, 0.4) is 0 Å². The Balaban J connectivity index is 2.52. The molecular formula is C12H13Cl2N3O. The van der Waals surface area contributed by atoms with Crippen molar-refractivity contribution >= 4 is 40.1 Å². The number of benzene rings is 1. The number of imidazole rings is 1. The van der Waals surface area contributed by atoms with Crippen LogP contribution in [0, 0.1) is 0 Å². The van der Waals surface area contributed by atoms with Crippen molar-refractivity contribution in [3.05, 3.63) is 29.0 Å². The third-order valence-corrected chi connectivity index (χ3v) is 3.11. The number of aromatic nitrogens is 2. The first-order chi connectivity index (χ1) is 8.49. The summed E-state index contributed by atoms with van der Waals surface area (Å²) in [5, 5.41) is 0.375. The van der Waals surface area contributed by atoms with Gasteiger partial charge in [-0.2, -0.15) is 0 Å². The highest BCUT2D eigenvalue weighted by Gasteiger charge is 2.15. The molecule has 1 aromatic carbocycles. The molecule has 0 aliphatic rings. The van der Waals surface area contributed by atoms with Crippen LogP contribution in [-0.4, -0.2) is 15.5 Å². The molecule has 0 aliphatic carbocycles. The first kappa shape index (κ1) is 13.2. The van der Waals surface area contributed by atoms with Crippen molar-refractivity contribution in [1.82, 2.24) is 9.55 Å². The summed E-state index contributed by atoms with van der Waals surface area (Å²) in [6.45, 7) is 2.31. The lowest BCUT2D eigenvalue weighted by Gasteiger charge is -2.09. The summed E-state index contributed by atoms with van der Waals surface area (Å²) in [5.74, 6) is 0.370. The number of nitrogens with two attached hydrogens (primary N) is 1. The Morgan fingerprint density at radius 3 is 2.89 bits per heavy atom. The maximum atomic E-state index is 10.9. The maximum absolute atomic E-state index is 10.9. The average Bonchev–Trinajstić information content (AvgIpc) is 2.64. The SMILES string of the molecule is CC(Cl)c1nc2cc(Cl)ccc2n1CCC(N)=O. The van der Waals surface area contributed by atoms with E-state index in [0.717, 1.165) is 16.9 Å². The van der Waals surface area contributed by atoms with E-state index in [1.165, 1.54) is 0 Å². The lowest BCUT2D eigenvalue weighted by atomic mass is 10.3. The van der Waals surface area contributed by atoms with Gasteiger partial charge in [-0.25, -0.2) is 4.98 Å². The molecule has 0 radical (unpaired) electrons. The molecule has 1 atom stereocenters. The molecule has 4 nitrogen and oxygen atoms in total. The molecule has 18 heavy (non-hydrogen) atoms. The zero-order chi connectivity index (χ0) is 13.3. The normalized spacial score (nSPS) is 12.8. The topological polar surface area (TPSA) is 60.9 Å². The highest BCUT2D eigenvalue weighted by Crippen LogP contribution is 2.26. The molecule has 1 heterocycles. The molecule has 96 valence electrons. The Hall–Kier alpha value is -1.26. The van der Waals surface area contributed by atoms with Gasteiger partial charge in [0.25, 0.3) is 0 Å². The Kier molecular flexibility index (Phi) is 3.78. The summed E-state index contributed by atoms with van der Waals surface area (Å²) in [4.78, 5) is 15.3. The molecule has 1 unspecified atom stereocenters. The number of nitrogens with zero attached hydrogens (tertiary/aromatic N) is 2. The second kappa shape index (κ2) is 5.16. The van der Waals surface area contributed by atoms with Gasteiger partial charge in [0.05, 0.1) is 16.4 Å². The Morgan fingerprint density at radius 2 is 2.28 bits per heavy atom. The number of carbonyl (C=O) groups excluding carboxylic acids is 1. The number of hydrogen-bond donors (Lipinski definition) is 1. The molecule has 1 aromatic heterocycles. The number of hydrogen-bond acceptors (Lipinski definition) is 2. The Morgan fingerprint density at radius 1 is 1.56 bits per heavy atom. The zero-order valence-electron chi connectivity index (χ0n) is 9.86. The van der Waals surface area contributed by atoms with Crippen molar-refractivity contribution in [2.24, 2.45) is 5.73 Å². The van der Waals surface area contributed by atoms with Gasteiger partial charge in [0.1, 0.15) is 5.82 Å². The molecule has 0 bridgehead atoms. The Bertz CT molecular complexity index is 592. The molecule has 0 aliphatic heterocycles. The Labute approximate surface area is 115 Å². The highest BCUT2D eigenvalue weighted by atomic mass is 35.5. The number of primary amides is 1. The fraction of sp³-hybridized carbons (Fsp3) is 0.333. The second-order valence-corrected chi connectivity index (χ2v) is 5.18. The number of rotatable bonds is 4. The first-order valence-electron chi connectivity index (χ1n) is 5.57. The minimum absolute atomic E-state index is 0.246. The van der Waals surface area contributed by atoms with Crippen LogP contribution in [0.4, 0.5) is 0 Å². The quantitative estimate of drug-likeness (QED) is 0.878. The fourth-order valence-corrected chi connectivity index (χ4v) is 2.22. The minimum atomic E-state index is -0.348. The summed E-state index contributed by atoms with van der Waals surface area (Å²) >= 11 is 12.0. The number of halogens is 2. The second-order valence-electron chi connectivity index (χ2n) is 4.09. The van der Waals surface area contributed by atoms with E-state index in [2.05, 4.69) is 4.98 Å². The van der Waals surface area contributed by atoms with E-state index in [4.69, 9.17) is 28.9 Å². The van der Waals surface area contributed by atoms with Gasteiger partial charge < -0.3 is 10.3 Å². The molecule has 0 saturated carbocycles. The fourth-order valence-electron chi connectivity index (χ4n) is 1.88. The predicted molar refractivity (Wildman–Crippen MR) is 72.8 cm³/mol. The predicted octanol–water partition coefficient (Wildman–Crippen LogP) is 2.86. The molecule has 6 heteroatoms. The van der Waals surface area contributed by atoms with Crippen molar-refractivity contribution in [2.75, 3.05) is 0 Å². The lowest BCUT2D eigenvalue weighted by molar-refractivity contribution is -0.118. The molecule has 1 amide bonds. The summed E-state index contributed by atoms with van der Waals surface area (Å²) in [6, 6.07) is 5.43. The van der Waals surface area contributed by atoms with E-state index in [1.54, 1.807) is 12.1 Å². The molecule has 0 fully saturated rings. The molecular weight excluding hydrogens is 273 g/mol. The van der Waals surface area contributed by atoms with E-state index in [-0.39, 0.29) is 17.7 Å². The largest absolute Gasteiger partial charge is 0.370 e. The van der Waals surface area contributed by atoms with Gasteiger partial charge in [0, 0.05) is 18.0 Å². The van der Waals surface area contributed by atoms with Crippen molar-refractivity contribution in [3.8, 4) is 0 Å². The van der Waals surface area contributed by atoms with Crippen molar-refractivity contribution < 1.29 is 4.79 Å². The standard InChI is InChI=1S/C12H13Cl2N3O/c1-7(13)12-16-9-6-8(14)2-3-10(9)17(12)5-4-11(15)18/h2-3,6-7H,4-5H2,1H3,(H2,15,18). The van der Waals surface area contributed by atoms with Crippen molar-refractivity contribution in [3.63, 3.8) is 0 Å². The van der Waals surface area contributed by atoms with Crippen LogP contribution in [0.2, 0.25) is 5.02 Å². The summed E-state index contributed by atoms with van der Waals surface area (Å²) < 4.78 is 1.91. The van der Waals surface area contributed by atoms with Crippen LogP contribution in [-0.2, 0) is 11.3 Å². The van der Waals surface area contributed by atoms with E-state index >= 15 is 0 Å². The summed E-state index contributed by atoms with van der Waals surface area (Å²) in [6.07, 6.45) is 0.255. The third kappa shape index (κ3) is 2.60. The molecule has 2 rings (SSSR count). The van der Waals surface area contributed by atoms with Gasteiger partial charge in [-0.15, -0.1) is 11.6 Å². The number of aryl methyl sites for hydroxylation is 1.